The van der Waals surface area contributed by atoms with Crippen LogP contribution >= 0.6 is 0 Å². The maximum Gasteiger partial charge on any atom is 0.460 e. The molecule has 0 radical (unpaired) electrons. The van der Waals surface area contributed by atoms with Crippen molar-refractivity contribution >= 4 is 19.0 Å². The average molecular weight is 257 g/mol. The summed E-state index contributed by atoms with van der Waals surface area (Å²) in [6, 6.07) is -1.00. The smallest absolute Gasteiger partial charge is 0.460 e. The van der Waals surface area contributed by atoms with E-state index in [4.69, 9.17) is 14.4 Å². The number of amides is 1. The van der Waals surface area contributed by atoms with Gasteiger partial charge in [0.15, 0.2) is 0 Å². The van der Waals surface area contributed by atoms with E-state index in [1.165, 1.54) is 6.92 Å². The van der Waals surface area contributed by atoms with Crippen molar-refractivity contribution < 1.29 is 24.0 Å². The molecule has 2 N–H and O–H groups in total. The Bertz CT molecular complexity index is 339. The van der Waals surface area contributed by atoms with Crippen LogP contribution in [0.3, 0.4) is 0 Å². The summed E-state index contributed by atoms with van der Waals surface area (Å²) in [4.78, 5) is 22.0. The Morgan fingerprint density at radius 2 is 1.67 bits per heavy atom. The first kappa shape index (κ1) is 15.0. The Labute approximate surface area is 107 Å². The number of nitrogens with one attached hydrogen (secondary N) is 1. The van der Waals surface area contributed by atoms with Gasteiger partial charge in [0.25, 0.3) is 0 Å². The summed E-state index contributed by atoms with van der Waals surface area (Å²) in [7, 11) is -0.636. The molecule has 0 aromatic rings. The molecule has 1 heterocycles. The summed E-state index contributed by atoms with van der Waals surface area (Å²) in [5.74, 6) is -1.49. The number of carboxylic acid groups (broad SMARTS) is 1. The summed E-state index contributed by atoms with van der Waals surface area (Å²) >= 11 is 0. The van der Waals surface area contributed by atoms with E-state index in [-0.39, 0.29) is 12.2 Å². The Morgan fingerprint density at radius 3 is 2.00 bits per heavy atom. The van der Waals surface area contributed by atoms with Crippen molar-refractivity contribution in [1.82, 2.24) is 5.32 Å². The second kappa shape index (κ2) is 4.89. The first-order valence-electron chi connectivity index (χ1n) is 5.91. The van der Waals surface area contributed by atoms with Gasteiger partial charge in [-0.1, -0.05) is 0 Å². The minimum atomic E-state index is -1.10. The lowest BCUT2D eigenvalue weighted by atomic mass is 9.80. The number of rotatable bonds is 4. The zero-order valence-electron chi connectivity index (χ0n) is 11.4. The lowest BCUT2D eigenvalue weighted by molar-refractivity contribution is -0.141. The second-order valence-electron chi connectivity index (χ2n) is 5.51. The monoisotopic (exact) mass is 257 g/mol. The van der Waals surface area contributed by atoms with E-state index in [1.54, 1.807) is 0 Å². The fourth-order valence-corrected chi connectivity index (χ4v) is 1.72. The van der Waals surface area contributed by atoms with Crippen LogP contribution in [0.25, 0.3) is 0 Å². The van der Waals surface area contributed by atoms with E-state index >= 15 is 0 Å². The van der Waals surface area contributed by atoms with Crippen LogP contribution in [0.15, 0.2) is 0 Å². The average Bonchev–Trinajstić information content (AvgIpc) is 2.32. The molecule has 0 saturated carbocycles. The van der Waals surface area contributed by atoms with E-state index in [9.17, 15) is 9.59 Å². The number of hydrogen-bond donors (Lipinski definition) is 2. The molecule has 1 saturated heterocycles. The van der Waals surface area contributed by atoms with Crippen molar-refractivity contribution in [2.45, 2.75) is 58.2 Å². The fourth-order valence-electron chi connectivity index (χ4n) is 1.72. The number of carbonyl (C=O) groups is 2. The normalized spacial score (nSPS) is 22.6. The third-order valence-electron chi connectivity index (χ3n) is 3.41. The number of aliphatic carboxylic acids is 1. The number of carboxylic acids is 1. The minimum absolute atomic E-state index is 0.0851. The maximum atomic E-state index is 11.0. The van der Waals surface area contributed by atoms with E-state index in [1.807, 2.05) is 27.7 Å². The largest absolute Gasteiger partial charge is 0.480 e. The van der Waals surface area contributed by atoms with Crippen LogP contribution < -0.4 is 5.32 Å². The highest BCUT2D eigenvalue weighted by Crippen LogP contribution is 2.37. The topological polar surface area (TPSA) is 84.9 Å². The SMILES string of the molecule is CC(=O)NC(CB1OC(C)(C)C(C)(C)O1)C(=O)O. The van der Waals surface area contributed by atoms with Gasteiger partial charge in [-0.3, -0.25) is 9.59 Å². The molecule has 0 bridgehead atoms. The quantitative estimate of drug-likeness (QED) is 0.723. The Hall–Kier alpha value is -1.08. The van der Waals surface area contributed by atoms with Gasteiger partial charge in [-0.05, 0) is 27.7 Å². The van der Waals surface area contributed by atoms with E-state index < -0.39 is 30.3 Å². The van der Waals surface area contributed by atoms with Crippen LogP contribution in [0.1, 0.15) is 34.6 Å². The molecule has 1 fully saturated rings. The Balaban J connectivity index is 2.68. The zero-order chi connectivity index (χ0) is 14.1. The molecular weight excluding hydrogens is 237 g/mol. The molecule has 1 aliphatic heterocycles. The van der Waals surface area contributed by atoms with Gasteiger partial charge < -0.3 is 19.7 Å². The third kappa shape index (κ3) is 3.23. The molecule has 0 spiro atoms. The molecule has 6 nitrogen and oxygen atoms in total. The van der Waals surface area contributed by atoms with Gasteiger partial charge in [0, 0.05) is 13.2 Å². The fraction of sp³-hybridized carbons (Fsp3) is 0.818. The molecule has 0 aliphatic carbocycles. The maximum absolute atomic E-state index is 11.0. The van der Waals surface area contributed by atoms with Crippen molar-refractivity contribution in [3.05, 3.63) is 0 Å². The molecule has 1 rings (SSSR count). The van der Waals surface area contributed by atoms with Crippen LogP contribution in [-0.4, -0.2) is 41.3 Å². The van der Waals surface area contributed by atoms with Crippen LogP contribution in [0.5, 0.6) is 0 Å². The van der Waals surface area contributed by atoms with E-state index in [0.717, 1.165) is 0 Å². The summed E-state index contributed by atoms with van der Waals surface area (Å²) in [5, 5.41) is 11.4. The molecule has 7 heteroatoms. The standard InChI is InChI=1S/C11H20BNO5/c1-7(14)13-8(9(15)16)6-12-17-10(2,3)11(4,5)18-12/h8H,6H2,1-5H3,(H,13,14)(H,15,16). The first-order valence-corrected chi connectivity index (χ1v) is 5.91. The van der Waals surface area contributed by atoms with Crippen LogP contribution in [0.2, 0.25) is 6.32 Å². The summed E-state index contributed by atoms with van der Waals surface area (Å²) in [6.45, 7) is 8.84. The van der Waals surface area contributed by atoms with Crippen molar-refractivity contribution in [3.63, 3.8) is 0 Å². The highest BCUT2D eigenvalue weighted by atomic mass is 16.7. The Kier molecular flexibility index (Phi) is 4.07. The minimum Gasteiger partial charge on any atom is -0.480 e. The van der Waals surface area contributed by atoms with Crippen LogP contribution in [-0.2, 0) is 18.9 Å². The molecule has 1 amide bonds. The summed E-state index contributed by atoms with van der Waals surface area (Å²) < 4.78 is 11.4. The Morgan fingerprint density at radius 1 is 1.22 bits per heavy atom. The van der Waals surface area contributed by atoms with E-state index in [2.05, 4.69) is 5.32 Å². The number of carbonyl (C=O) groups excluding carboxylic acids is 1. The predicted octanol–water partition coefficient (Wildman–Crippen LogP) is 0.668. The first-order chi connectivity index (χ1) is 8.05. The summed E-state index contributed by atoms with van der Waals surface area (Å²) in [6.07, 6.45) is 0.0851. The zero-order valence-corrected chi connectivity index (χ0v) is 11.4. The van der Waals surface area contributed by atoms with Gasteiger partial charge in [-0.15, -0.1) is 0 Å². The molecule has 0 aromatic heterocycles. The van der Waals surface area contributed by atoms with Crippen molar-refractivity contribution in [1.29, 1.82) is 0 Å². The molecule has 102 valence electrons. The van der Waals surface area contributed by atoms with Crippen molar-refractivity contribution in [2.24, 2.45) is 0 Å². The van der Waals surface area contributed by atoms with Gasteiger partial charge in [0.2, 0.25) is 5.91 Å². The molecule has 1 unspecified atom stereocenters. The molecule has 1 aliphatic rings. The van der Waals surface area contributed by atoms with Gasteiger partial charge in [0.05, 0.1) is 11.2 Å². The van der Waals surface area contributed by atoms with E-state index in [0.29, 0.717) is 0 Å². The van der Waals surface area contributed by atoms with Gasteiger partial charge in [0.1, 0.15) is 6.04 Å². The highest BCUT2D eigenvalue weighted by Gasteiger charge is 2.51. The molecule has 1 atom stereocenters. The molecule has 0 aromatic carbocycles. The van der Waals surface area contributed by atoms with Crippen LogP contribution in [0.4, 0.5) is 0 Å². The lowest BCUT2D eigenvalue weighted by Gasteiger charge is -2.32. The van der Waals surface area contributed by atoms with Gasteiger partial charge in [-0.2, -0.15) is 0 Å². The highest BCUT2D eigenvalue weighted by molar-refractivity contribution is 6.46. The van der Waals surface area contributed by atoms with Crippen molar-refractivity contribution in [3.8, 4) is 0 Å². The lowest BCUT2D eigenvalue weighted by Crippen LogP contribution is -2.43. The molecule has 18 heavy (non-hydrogen) atoms. The van der Waals surface area contributed by atoms with Crippen molar-refractivity contribution in [2.75, 3.05) is 0 Å². The number of hydrogen-bond acceptors (Lipinski definition) is 4. The van der Waals surface area contributed by atoms with Gasteiger partial charge in [-0.25, -0.2) is 0 Å². The second-order valence-corrected chi connectivity index (χ2v) is 5.51. The van der Waals surface area contributed by atoms with Crippen LogP contribution in [0, 0.1) is 0 Å². The van der Waals surface area contributed by atoms with Gasteiger partial charge >= 0.3 is 13.1 Å². The predicted molar refractivity (Wildman–Crippen MR) is 66.1 cm³/mol. The molecular formula is C11H20BNO5. The summed E-state index contributed by atoms with van der Waals surface area (Å²) in [5.41, 5.74) is -1.01. The third-order valence-corrected chi connectivity index (χ3v) is 3.41.